The molecule has 1 N–H and O–H groups in total. The zero-order valence-electron chi connectivity index (χ0n) is 12.0. The third-order valence-electron chi connectivity index (χ3n) is 3.37. The number of hydrogen-bond acceptors (Lipinski definition) is 5. The Labute approximate surface area is 131 Å². The Bertz CT molecular complexity index is 1100. The molecule has 0 saturated carbocycles. The largest absolute Gasteiger partial charge is 0.419 e. The number of benzene rings is 2. The highest BCUT2D eigenvalue weighted by atomic mass is 32.2. The number of anilines is 1. The SMILES string of the molecule is Cn1c(=O)oc2ccc(S(=O)(=O)Nc3ccccc3C#N)cc21. The van der Waals surface area contributed by atoms with Crippen molar-refractivity contribution in [1.29, 1.82) is 5.26 Å². The Morgan fingerprint density at radius 3 is 2.70 bits per heavy atom. The predicted molar refractivity (Wildman–Crippen MR) is 83.4 cm³/mol. The third kappa shape index (κ3) is 2.58. The number of sulfonamides is 1. The first-order chi connectivity index (χ1) is 10.9. The summed E-state index contributed by atoms with van der Waals surface area (Å²) < 4.78 is 33.6. The lowest BCUT2D eigenvalue weighted by molar-refractivity contribution is 0.528. The fraction of sp³-hybridized carbons (Fsp3) is 0.0667. The van der Waals surface area contributed by atoms with E-state index < -0.39 is 15.8 Å². The number of rotatable bonds is 3. The van der Waals surface area contributed by atoms with E-state index in [2.05, 4.69) is 4.72 Å². The summed E-state index contributed by atoms with van der Waals surface area (Å²) in [5, 5.41) is 9.03. The molecule has 0 aliphatic rings. The first-order valence-corrected chi connectivity index (χ1v) is 8.02. The van der Waals surface area contributed by atoms with Crippen LogP contribution in [0.15, 0.2) is 56.6 Å². The van der Waals surface area contributed by atoms with Gasteiger partial charge in [-0.1, -0.05) is 12.1 Å². The molecule has 0 atom stereocenters. The lowest BCUT2D eigenvalue weighted by Crippen LogP contribution is -2.14. The zero-order chi connectivity index (χ0) is 16.6. The van der Waals surface area contributed by atoms with Gasteiger partial charge in [0.25, 0.3) is 10.0 Å². The number of aromatic nitrogens is 1. The van der Waals surface area contributed by atoms with Crippen molar-refractivity contribution in [3.63, 3.8) is 0 Å². The molecule has 0 aliphatic carbocycles. The van der Waals surface area contributed by atoms with Gasteiger partial charge in [0.05, 0.1) is 21.7 Å². The summed E-state index contributed by atoms with van der Waals surface area (Å²) in [6.45, 7) is 0. The van der Waals surface area contributed by atoms with Gasteiger partial charge in [-0.2, -0.15) is 5.26 Å². The number of nitrogens with one attached hydrogen (secondary N) is 1. The molecule has 0 amide bonds. The summed E-state index contributed by atoms with van der Waals surface area (Å²) in [6, 6.07) is 12.3. The molecular formula is C15H11N3O4S. The van der Waals surface area contributed by atoms with Crippen LogP contribution >= 0.6 is 0 Å². The molecule has 116 valence electrons. The molecule has 23 heavy (non-hydrogen) atoms. The van der Waals surface area contributed by atoms with Crippen LogP contribution in [-0.2, 0) is 17.1 Å². The van der Waals surface area contributed by atoms with Gasteiger partial charge in [0.1, 0.15) is 6.07 Å². The van der Waals surface area contributed by atoms with Gasteiger partial charge < -0.3 is 4.42 Å². The molecule has 0 saturated heterocycles. The van der Waals surface area contributed by atoms with E-state index in [0.717, 1.165) is 0 Å². The van der Waals surface area contributed by atoms with Crippen molar-refractivity contribution in [2.75, 3.05) is 4.72 Å². The predicted octanol–water partition coefficient (Wildman–Crippen LogP) is 1.80. The molecule has 3 aromatic rings. The van der Waals surface area contributed by atoms with E-state index in [0.29, 0.717) is 11.1 Å². The van der Waals surface area contributed by atoms with Gasteiger partial charge in [0, 0.05) is 7.05 Å². The van der Waals surface area contributed by atoms with Crippen LogP contribution in [0.1, 0.15) is 5.56 Å². The highest BCUT2D eigenvalue weighted by molar-refractivity contribution is 7.92. The van der Waals surface area contributed by atoms with E-state index in [1.807, 2.05) is 6.07 Å². The maximum atomic E-state index is 12.5. The smallest absolute Gasteiger partial charge is 0.408 e. The van der Waals surface area contributed by atoms with Crippen LogP contribution in [-0.4, -0.2) is 13.0 Å². The number of nitrogens with zero attached hydrogens (tertiary/aromatic N) is 2. The van der Waals surface area contributed by atoms with Crippen LogP contribution in [0, 0.1) is 11.3 Å². The number of oxazole rings is 1. The second kappa shape index (κ2) is 5.30. The molecule has 7 nitrogen and oxygen atoms in total. The second-order valence-electron chi connectivity index (χ2n) is 4.82. The van der Waals surface area contributed by atoms with Crippen LogP contribution in [0.2, 0.25) is 0 Å². The molecule has 2 aromatic carbocycles. The number of hydrogen-bond donors (Lipinski definition) is 1. The molecule has 0 unspecified atom stereocenters. The van der Waals surface area contributed by atoms with Crippen LogP contribution in [0.3, 0.4) is 0 Å². The lowest BCUT2D eigenvalue weighted by Gasteiger charge is -2.09. The lowest BCUT2D eigenvalue weighted by atomic mass is 10.2. The van der Waals surface area contributed by atoms with Crippen molar-refractivity contribution < 1.29 is 12.8 Å². The number of aryl methyl sites for hydroxylation is 1. The highest BCUT2D eigenvalue weighted by Crippen LogP contribution is 2.22. The van der Waals surface area contributed by atoms with Crippen molar-refractivity contribution in [3.05, 3.63) is 58.6 Å². The van der Waals surface area contributed by atoms with Gasteiger partial charge in [-0.3, -0.25) is 9.29 Å². The van der Waals surface area contributed by atoms with Crippen LogP contribution < -0.4 is 10.5 Å². The first-order valence-electron chi connectivity index (χ1n) is 6.54. The monoisotopic (exact) mass is 329 g/mol. The number of nitriles is 1. The first kappa shape index (κ1) is 14.9. The molecule has 0 fully saturated rings. The molecule has 8 heteroatoms. The van der Waals surface area contributed by atoms with Gasteiger partial charge in [0.15, 0.2) is 5.58 Å². The molecular weight excluding hydrogens is 318 g/mol. The molecule has 3 rings (SSSR count). The molecule has 0 spiro atoms. The van der Waals surface area contributed by atoms with Gasteiger partial charge >= 0.3 is 5.76 Å². The molecule has 1 aromatic heterocycles. The van der Waals surface area contributed by atoms with E-state index >= 15 is 0 Å². The Balaban J connectivity index is 2.08. The van der Waals surface area contributed by atoms with Gasteiger partial charge in [0.2, 0.25) is 0 Å². The molecule has 0 radical (unpaired) electrons. The Kier molecular flexibility index (Phi) is 3.42. The minimum absolute atomic E-state index is 0.0332. The number of fused-ring (bicyclic) bond motifs is 1. The average molecular weight is 329 g/mol. The quantitative estimate of drug-likeness (QED) is 0.789. The van der Waals surface area contributed by atoms with Crippen molar-refractivity contribution in [1.82, 2.24) is 4.57 Å². The highest BCUT2D eigenvalue weighted by Gasteiger charge is 2.18. The van der Waals surface area contributed by atoms with Crippen LogP contribution in [0.4, 0.5) is 5.69 Å². The number of para-hydroxylation sites is 1. The van der Waals surface area contributed by atoms with E-state index in [1.54, 1.807) is 12.1 Å². The maximum Gasteiger partial charge on any atom is 0.419 e. The minimum Gasteiger partial charge on any atom is -0.408 e. The fourth-order valence-electron chi connectivity index (χ4n) is 2.15. The topological polar surface area (TPSA) is 105 Å². The summed E-state index contributed by atoms with van der Waals surface area (Å²) in [5.41, 5.74) is 1.07. The van der Waals surface area contributed by atoms with Gasteiger partial charge in [-0.25, -0.2) is 13.2 Å². The van der Waals surface area contributed by atoms with E-state index in [9.17, 15) is 13.2 Å². The average Bonchev–Trinajstić information content (AvgIpc) is 2.82. The van der Waals surface area contributed by atoms with E-state index in [1.165, 1.54) is 41.9 Å². The summed E-state index contributed by atoms with van der Waals surface area (Å²) in [5.74, 6) is -0.572. The van der Waals surface area contributed by atoms with Crippen molar-refractivity contribution in [3.8, 4) is 6.07 Å². The summed E-state index contributed by atoms with van der Waals surface area (Å²) >= 11 is 0. The molecule has 1 heterocycles. The van der Waals surface area contributed by atoms with Gasteiger partial charge in [-0.15, -0.1) is 0 Å². The van der Waals surface area contributed by atoms with Crippen molar-refractivity contribution >= 4 is 26.8 Å². The van der Waals surface area contributed by atoms with Crippen molar-refractivity contribution in [2.45, 2.75) is 4.90 Å². The normalized spacial score (nSPS) is 11.3. The van der Waals surface area contributed by atoms with Crippen LogP contribution in [0.25, 0.3) is 11.1 Å². The van der Waals surface area contributed by atoms with Gasteiger partial charge in [-0.05, 0) is 30.3 Å². The molecule has 0 bridgehead atoms. The summed E-state index contributed by atoms with van der Waals surface area (Å²) in [7, 11) is -2.41. The summed E-state index contributed by atoms with van der Waals surface area (Å²) in [6.07, 6.45) is 0. The minimum atomic E-state index is -3.90. The summed E-state index contributed by atoms with van der Waals surface area (Å²) in [4.78, 5) is 11.4. The fourth-order valence-corrected chi connectivity index (χ4v) is 3.25. The molecule has 0 aliphatic heterocycles. The third-order valence-corrected chi connectivity index (χ3v) is 4.73. The maximum absolute atomic E-state index is 12.5. The van der Waals surface area contributed by atoms with E-state index in [-0.39, 0.29) is 16.1 Å². The van der Waals surface area contributed by atoms with Crippen LogP contribution in [0.5, 0.6) is 0 Å². The zero-order valence-corrected chi connectivity index (χ0v) is 12.8. The van der Waals surface area contributed by atoms with Crippen molar-refractivity contribution in [2.24, 2.45) is 7.05 Å². The van der Waals surface area contributed by atoms with E-state index in [4.69, 9.17) is 9.68 Å². The Morgan fingerprint density at radius 2 is 1.96 bits per heavy atom. The second-order valence-corrected chi connectivity index (χ2v) is 6.50. The standard InChI is InChI=1S/C15H11N3O4S/c1-18-13-8-11(6-7-14(13)22-15(18)19)23(20,21)17-12-5-3-2-4-10(12)9-16/h2-8,17H,1H3. The Hall–Kier alpha value is -3.05. The Morgan fingerprint density at radius 1 is 1.22 bits per heavy atom.